The topological polar surface area (TPSA) is 66.8 Å². The second kappa shape index (κ2) is 7.01. The highest BCUT2D eigenvalue weighted by Crippen LogP contribution is 2.35. The zero-order valence-electron chi connectivity index (χ0n) is 13.7. The molecule has 23 heavy (non-hydrogen) atoms. The number of nitrogens with zero attached hydrogens (tertiary/aromatic N) is 1. The molecule has 0 saturated carbocycles. The van der Waals surface area contributed by atoms with Gasteiger partial charge in [0, 0.05) is 24.2 Å². The molecule has 0 bridgehead atoms. The van der Waals surface area contributed by atoms with Gasteiger partial charge in [-0.3, -0.25) is 9.59 Å². The van der Waals surface area contributed by atoms with E-state index < -0.39 is 0 Å². The van der Waals surface area contributed by atoms with E-state index >= 15 is 0 Å². The van der Waals surface area contributed by atoms with E-state index in [2.05, 4.69) is 15.9 Å². The third-order valence-electron chi connectivity index (χ3n) is 3.89. The molecule has 1 aliphatic rings. The number of Topliss-reactive ketones (excluding diaryl/α,β-unsaturated/α-hetero) is 1. The first kappa shape index (κ1) is 17.9. The van der Waals surface area contributed by atoms with E-state index in [0.29, 0.717) is 37.4 Å². The Kier molecular flexibility index (Phi) is 5.47. The largest absolute Gasteiger partial charge is 0.507 e. The Balaban J connectivity index is 2.52. The van der Waals surface area contributed by atoms with Crippen LogP contribution in [0.2, 0.25) is 0 Å². The fourth-order valence-electron chi connectivity index (χ4n) is 2.54. The quantitative estimate of drug-likeness (QED) is 0.643. The number of morpholine rings is 1. The van der Waals surface area contributed by atoms with Crippen molar-refractivity contribution in [2.24, 2.45) is 0 Å². The van der Waals surface area contributed by atoms with Gasteiger partial charge in [-0.25, -0.2) is 0 Å². The summed E-state index contributed by atoms with van der Waals surface area (Å²) in [6, 6.07) is 3.17. The molecule has 1 aliphatic heterocycles. The lowest BCUT2D eigenvalue weighted by Crippen LogP contribution is -2.40. The number of benzene rings is 1. The van der Waals surface area contributed by atoms with Crippen molar-refractivity contribution in [2.45, 2.75) is 26.2 Å². The molecule has 0 unspecified atom stereocenters. The van der Waals surface area contributed by atoms with Crippen LogP contribution in [0.25, 0.3) is 0 Å². The second-order valence-corrected chi connectivity index (χ2v) is 7.19. The molecule has 1 fully saturated rings. The van der Waals surface area contributed by atoms with E-state index in [-0.39, 0.29) is 33.7 Å². The van der Waals surface area contributed by atoms with Crippen LogP contribution in [0.1, 0.15) is 47.1 Å². The summed E-state index contributed by atoms with van der Waals surface area (Å²) in [5.41, 5.74) is 0.831. The van der Waals surface area contributed by atoms with E-state index in [1.807, 2.05) is 20.8 Å². The number of hydrogen-bond acceptors (Lipinski definition) is 4. The number of aromatic hydroxyl groups is 1. The minimum absolute atomic E-state index is 0.0416. The van der Waals surface area contributed by atoms with E-state index in [9.17, 15) is 14.7 Å². The van der Waals surface area contributed by atoms with Crippen molar-refractivity contribution >= 4 is 27.6 Å². The fraction of sp³-hybridized carbons (Fsp3) is 0.529. The highest BCUT2D eigenvalue weighted by Gasteiger charge is 2.28. The van der Waals surface area contributed by atoms with Crippen LogP contribution in [-0.4, -0.2) is 53.3 Å². The van der Waals surface area contributed by atoms with Crippen LogP contribution in [0, 0.1) is 0 Å². The summed E-state index contributed by atoms with van der Waals surface area (Å²) < 4.78 is 5.26. The maximum atomic E-state index is 12.8. The Bertz CT molecular complexity index is 616. The molecule has 0 radical (unpaired) electrons. The van der Waals surface area contributed by atoms with Gasteiger partial charge >= 0.3 is 0 Å². The van der Waals surface area contributed by atoms with Gasteiger partial charge in [0.1, 0.15) is 5.75 Å². The van der Waals surface area contributed by atoms with Crippen molar-refractivity contribution < 1.29 is 19.4 Å². The van der Waals surface area contributed by atoms with Crippen LogP contribution < -0.4 is 0 Å². The number of halogens is 1. The molecular weight excluding hydrogens is 362 g/mol. The Morgan fingerprint density at radius 3 is 2.39 bits per heavy atom. The van der Waals surface area contributed by atoms with E-state index in [1.165, 1.54) is 6.07 Å². The molecule has 5 nitrogen and oxygen atoms in total. The zero-order valence-corrected chi connectivity index (χ0v) is 15.3. The molecule has 0 atom stereocenters. The fourth-order valence-corrected chi connectivity index (χ4v) is 2.87. The number of rotatable bonds is 3. The highest BCUT2D eigenvalue weighted by molar-refractivity contribution is 9.09. The number of amides is 1. The minimum atomic E-state index is -0.382. The number of ketones is 1. The first-order valence-corrected chi connectivity index (χ1v) is 8.71. The molecule has 1 heterocycles. The number of hydrogen-bond donors (Lipinski definition) is 1. The Labute approximate surface area is 144 Å². The summed E-state index contributed by atoms with van der Waals surface area (Å²) >= 11 is 3.16. The maximum absolute atomic E-state index is 12.8. The van der Waals surface area contributed by atoms with Crippen molar-refractivity contribution in [3.05, 3.63) is 28.8 Å². The number of carbonyl (C=O) groups excluding carboxylic acids is 2. The molecule has 0 spiro atoms. The first-order valence-electron chi connectivity index (χ1n) is 7.59. The average molecular weight is 384 g/mol. The molecule has 2 rings (SSSR count). The normalized spacial score (nSPS) is 15.6. The van der Waals surface area contributed by atoms with Gasteiger partial charge in [0.05, 0.1) is 24.1 Å². The van der Waals surface area contributed by atoms with Crippen LogP contribution in [0.3, 0.4) is 0 Å². The molecule has 1 amide bonds. The predicted octanol–water partition coefficient (Wildman–Crippen LogP) is 2.74. The van der Waals surface area contributed by atoms with Gasteiger partial charge in [-0.15, -0.1) is 0 Å². The summed E-state index contributed by atoms with van der Waals surface area (Å²) in [5.74, 6) is -0.424. The van der Waals surface area contributed by atoms with Gasteiger partial charge < -0.3 is 14.7 Å². The summed E-state index contributed by atoms with van der Waals surface area (Å²) in [5, 5.41) is 10.8. The van der Waals surface area contributed by atoms with Gasteiger partial charge in [-0.1, -0.05) is 36.7 Å². The molecule has 0 aliphatic carbocycles. The molecule has 1 aromatic carbocycles. The second-order valence-electron chi connectivity index (χ2n) is 6.63. The number of phenolic OH excluding ortho intramolecular Hbond substituents is 1. The van der Waals surface area contributed by atoms with Crippen molar-refractivity contribution in [1.82, 2.24) is 4.90 Å². The highest BCUT2D eigenvalue weighted by atomic mass is 79.9. The van der Waals surface area contributed by atoms with Crippen molar-refractivity contribution in [1.29, 1.82) is 0 Å². The van der Waals surface area contributed by atoms with Gasteiger partial charge in [0.25, 0.3) is 5.91 Å². The molecule has 126 valence electrons. The lowest BCUT2D eigenvalue weighted by atomic mass is 9.83. The molecule has 0 aromatic heterocycles. The van der Waals surface area contributed by atoms with Crippen LogP contribution in [0.15, 0.2) is 12.1 Å². The van der Waals surface area contributed by atoms with E-state index in [1.54, 1.807) is 11.0 Å². The minimum Gasteiger partial charge on any atom is -0.507 e. The van der Waals surface area contributed by atoms with Crippen LogP contribution in [0.5, 0.6) is 5.75 Å². The lowest BCUT2D eigenvalue weighted by Gasteiger charge is -2.29. The summed E-state index contributed by atoms with van der Waals surface area (Å²) in [4.78, 5) is 26.5. The van der Waals surface area contributed by atoms with Gasteiger partial charge in [-0.05, 0) is 17.5 Å². The number of phenols is 1. The molecule has 6 heteroatoms. The van der Waals surface area contributed by atoms with Crippen LogP contribution >= 0.6 is 15.9 Å². The summed E-state index contributed by atoms with van der Waals surface area (Å²) in [6.07, 6.45) is 0. The molecular formula is C17H22BrNO4. The van der Waals surface area contributed by atoms with Crippen LogP contribution in [-0.2, 0) is 10.2 Å². The smallest absolute Gasteiger partial charge is 0.257 e. The Morgan fingerprint density at radius 1 is 1.26 bits per heavy atom. The predicted molar refractivity (Wildman–Crippen MR) is 91.7 cm³/mol. The van der Waals surface area contributed by atoms with Crippen molar-refractivity contribution in [3.63, 3.8) is 0 Å². The Morgan fingerprint density at radius 2 is 1.87 bits per heavy atom. The molecule has 1 N–H and O–H groups in total. The monoisotopic (exact) mass is 383 g/mol. The zero-order chi connectivity index (χ0) is 17.2. The van der Waals surface area contributed by atoms with Crippen LogP contribution in [0.4, 0.5) is 0 Å². The Hall–Kier alpha value is -1.40. The summed E-state index contributed by atoms with van der Waals surface area (Å²) in [6.45, 7) is 7.76. The molecule has 1 saturated heterocycles. The standard InChI is InChI=1S/C17H22BrNO4/c1-17(2,3)13-9-11(14(20)10-18)8-12(15(13)21)16(22)19-4-6-23-7-5-19/h8-9,21H,4-7,10H2,1-3H3. The SMILES string of the molecule is CC(C)(C)c1cc(C(=O)CBr)cc(C(=O)N2CCOCC2)c1O. The average Bonchev–Trinajstić information content (AvgIpc) is 2.53. The van der Waals surface area contributed by atoms with Gasteiger partial charge in [0.2, 0.25) is 0 Å². The number of alkyl halides is 1. The van der Waals surface area contributed by atoms with Gasteiger partial charge in [0.15, 0.2) is 5.78 Å². The molecule has 1 aromatic rings. The number of ether oxygens (including phenoxy) is 1. The third-order valence-corrected chi connectivity index (χ3v) is 4.40. The van der Waals surface area contributed by atoms with E-state index in [0.717, 1.165) is 0 Å². The lowest BCUT2D eigenvalue weighted by molar-refractivity contribution is 0.0301. The first-order chi connectivity index (χ1) is 10.8. The third kappa shape index (κ3) is 3.93. The van der Waals surface area contributed by atoms with Crippen molar-refractivity contribution in [3.8, 4) is 5.75 Å². The van der Waals surface area contributed by atoms with Gasteiger partial charge in [-0.2, -0.15) is 0 Å². The van der Waals surface area contributed by atoms with Crippen molar-refractivity contribution in [2.75, 3.05) is 31.6 Å². The maximum Gasteiger partial charge on any atom is 0.257 e. The number of carbonyl (C=O) groups is 2. The summed E-state index contributed by atoms with van der Waals surface area (Å²) in [7, 11) is 0. The van der Waals surface area contributed by atoms with E-state index in [4.69, 9.17) is 4.74 Å².